The number of nitrogens with one attached hydrogen (secondary N) is 1. The number of halogens is 1. The molecule has 0 bridgehead atoms. The second-order valence-electron chi connectivity index (χ2n) is 7.62. The standard InChI is InChI=1S/C21H23FN4O2S/c1-13(2)20(28)25-9-7-15(8-10-25)19(27)24-18-17(14-3-5-16(22)6-4-14)23-21-26(18)11-12-29-21/h3-6,11-13,15H,7-10H2,1-2H3,(H,24,27). The van der Waals surface area contributed by atoms with Gasteiger partial charge in [-0.25, -0.2) is 9.37 Å². The van der Waals surface area contributed by atoms with E-state index in [1.807, 2.05) is 34.7 Å². The Bertz CT molecular complexity index is 1030. The highest BCUT2D eigenvalue weighted by Gasteiger charge is 2.29. The van der Waals surface area contributed by atoms with Gasteiger partial charge >= 0.3 is 0 Å². The maximum atomic E-state index is 13.3. The highest BCUT2D eigenvalue weighted by molar-refractivity contribution is 7.15. The zero-order valence-electron chi connectivity index (χ0n) is 16.4. The van der Waals surface area contributed by atoms with E-state index in [0.717, 1.165) is 10.5 Å². The molecule has 1 fully saturated rings. The molecule has 1 aromatic carbocycles. The molecule has 6 nitrogen and oxygen atoms in total. The number of amides is 2. The van der Waals surface area contributed by atoms with Crippen molar-refractivity contribution < 1.29 is 14.0 Å². The largest absolute Gasteiger partial charge is 0.342 e. The Morgan fingerprint density at radius 3 is 2.55 bits per heavy atom. The summed E-state index contributed by atoms with van der Waals surface area (Å²) in [6, 6.07) is 6.09. The number of carbonyl (C=O) groups is 2. The minimum absolute atomic E-state index is 0.0303. The Balaban J connectivity index is 1.53. The smallest absolute Gasteiger partial charge is 0.228 e. The Kier molecular flexibility index (Phi) is 5.36. The summed E-state index contributed by atoms with van der Waals surface area (Å²) in [6.07, 6.45) is 3.14. The van der Waals surface area contributed by atoms with E-state index in [4.69, 9.17) is 0 Å². The van der Waals surface area contributed by atoms with Crippen molar-refractivity contribution in [3.05, 3.63) is 41.7 Å². The number of rotatable bonds is 4. The number of anilines is 1. The van der Waals surface area contributed by atoms with Gasteiger partial charge in [0.05, 0.1) is 0 Å². The summed E-state index contributed by atoms with van der Waals surface area (Å²) >= 11 is 1.47. The van der Waals surface area contributed by atoms with Crippen molar-refractivity contribution in [2.24, 2.45) is 11.8 Å². The number of thiazole rings is 1. The zero-order valence-corrected chi connectivity index (χ0v) is 17.2. The van der Waals surface area contributed by atoms with Crippen LogP contribution in [0.3, 0.4) is 0 Å². The van der Waals surface area contributed by atoms with Crippen LogP contribution in [0.15, 0.2) is 35.8 Å². The van der Waals surface area contributed by atoms with Gasteiger partial charge in [-0.15, -0.1) is 11.3 Å². The average Bonchev–Trinajstić information content (AvgIpc) is 3.31. The van der Waals surface area contributed by atoms with Crippen LogP contribution in [-0.2, 0) is 9.59 Å². The Labute approximate surface area is 172 Å². The molecule has 152 valence electrons. The molecule has 8 heteroatoms. The summed E-state index contributed by atoms with van der Waals surface area (Å²) in [5, 5.41) is 4.95. The Morgan fingerprint density at radius 1 is 1.21 bits per heavy atom. The van der Waals surface area contributed by atoms with Crippen LogP contribution in [0.1, 0.15) is 26.7 Å². The van der Waals surface area contributed by atoms with Crippen molar-refractivity contribution in [2.75, 3.05) is 18.4 Å². The number of fused-ring (bicyclic) bond motifs is 1. The van der Waals surface area contributed by atoms with Gasteiger partial charge in [0.15, 0.2) is 4.96 Å². The van der Waals surface area contributed by atoms with Crippen molar-refractivity contribution in [1.82, 2.24) is 14.3 Å². The molecule has 2 aromatic heterocycles. The molecule has 0 unspecified atom stereocenters. The number of hydrogen-bond donors (Lipinski definition) is 1. The van der Waals surface area contributed by atoms with Crippen LogP contribution in [0.5, 0.6) is 0 Å². The summed E-state index contributed by atoms with van der Waals surface area (Å²) < 4.78 is 15.2. The SMILES string of the molecule is CC(C)C(=O)N1CCC(C(=O)Nc2c(-c3ccc(F)cc3)nc3sccn23)CC1. The molecule has 0 radical (unpaired) electrons. The van der Waals surface area contributed by atoms with Gasteiger partial charge in [0.25, 0.3) is 0 Å². The first-order valence-electron chi connectivity index (χ1n) is 9.75. The third-order valence-electron chi connectivity index (χ3n) is 5.29. The summed E-state index contributed by atoms with van der Waals surface area (Å²) in [5.41, 5.74) is 1.37. The fourth-order valence-corrected chi connectivity index (χ4v) is 4.37. The molecule has 29 heavy (non-hydrogen) atoms. The van der Waals surface area contributed by atoms with Gasteiger partial charge in [0.2, 0.25) is 11.8 Å². The monoisotopic (exact) mass is 414 g/mol. The van der Waals surface area contributed by atoms with Gasteiger partial charge in [-0.2, -0.15) is 0 Å². The van der Waals surface area contributed by atoms with Crippen LogP contribution >= 0.6 is 11.3 Å². The third-order valence-corrected chi connectivity index (χ3v) is 6.05. The van der Waals surface area contributed by atoms with E-state index in [1.165, 1.54) is 23.5 Å². The van der Waals surface area contributed by atoms with Crippen molar-refractivity contribution in [2.45, 2.75) is 26.7 Å². The second-order valence-corrected chi connectivity index (χ2v) is 8.49. The van der Waals surface area contributed by atoms with Gasteiger partial charge < -0.3 is 10.2 Å². The lowest BCUT2D eigenvalue weighted by molar-refractivity contribution is -0.137. The molecule has 0 spiro atoms. The average molecular weight is 415 g/mol. The third kappa shape index (κ3) is 3.89. The fourth-order valence-electron chi connectivity index (χ4n) is 3.66. The molecule has 1 saturated heterocycles. The fraction of sp³-hybridized carbons (Fsp3) is 0.381. The van der Waals surface area contributed by atoms with Gasteiger partial charge in [-0.1, -0.05) is 13.8 Å². The van der Waals surface area contributed by atoms with E-state index in [9.17, 15) is 14.0 Å². The van der Waals surface area contributed by atoms with Crippen LogP contribution in [0, 0.1) is 17.7 Å². The Morgan fingerprint density at radius 2 is 1.90 bits per heavy atom. The number of hydrogen-bond acceptors (Lipinski definition) is 4. The predicted molar refractivity (Wildman–Crippen MR) is 111 cm³/mol. The zero-order chi connectivity index (χ0) is 20.5. The van der Waals surface area contributed by atoms with E-state index < -0.39 is 0 Å². The maximum absolute atomic E-state index is 13.3. The van der Waals surface area contributed by atoms with E-state index in [-0.39, 0.29) is 29.5 Å². The lowest BCUT2D eigenvalue weighted by Gasteiger charge is -2.32. The molecule has 0 saturated carbocycles. The summed E-state index contributed by atoms with van der Waals surface area (Å²) in [4.78, 5) is 32.3. The Hall–Kier alpha value is -2.74. The highest BCUT2D eigenvalue weighted by atomic mass is 32.1. The first-order valence-corrected chi connectivity index (χ1v) is 10.6. The lowest BCUT2D eigenvalue weighted by Crippen LogP contribution is -2.43. The molecule has 0 atom stereocenters. The minimum Gasteiger partial charge on any atom is -0.342 e. The topological polar surface area (TPSA) is 66.7 Å². The number of imidazole rings is 1. The minimum atomic E-state index is -0.317. The van der Waals surface area contributed by atoms with Crippen LogP contribution < -0.4 is 5.32 Å². The first kappa shape index (κ1) is 19.6. The molecule has 4 rings (SSSR count). The van der Waals surface area contributed by atoms with Gasteiger partial charge in [-0.05, 0) is 37.1 Å². The second kappa shape index (κ2) is 7.94. The highest BCUT2D eigenvalue weighted by Crippen LogP contribution is 2.32. The number of benzene rings is 1. The normalized spacial score (nSPS) is 15.2. The van der Waals surface area contributed by atoms with Crippen LogP contribution in [0.2, 0.25) is 0 Å². The van der Waals surface area contributed by atoms with Crippen molar-refractivity contribution in [3.8, 4) is 11.3 Å². The van der Waals surface area contributed by atoms with Crippen LogP contribution in [-0.4, -0.2) is 39.2 Å². The number of nitrogens with zero attached hydrogens (tertiary/aromatic N) is 3. The molecule has 1 N–H and O–H groups in total. The van der Waals surface area contributed by atoms with Crippen LogP contribution in [0.4, 0.5) is 10.2 Å². The van der Waals surface area contributed by atoms with Crippen LogP contribution in [0.25, 0.3) is 16.2 Å². The number of piperidine rings is 1. The molecule has 3 aromatic rings. The van der Waals surface area contributed by atoms with Crippen molar-refractivity contribution in [1.29, 1.82) is 0 Å². The van der Waals surface area contributed by atoms with E-state index in [2.05, 4.69) is 10.3 Å². The maximum Gasteiger partial charge on any atom is 0.228 e. The van der Waals surface area contributed by atoms with Crippen molar-refractivity contribution in [3.63, 3.8) is 0 Å². The van der Waals surface area contributed by atoms with E-state index in [0.29, 0.717) is 37.4 Å². The molecule has 1 aliphatic rings. The van der Waals surface area contributed by atoms with Gasteiger partial charge in [0.1, 0.15) is 17.3 Å². The van der Waals surface area contributed by atoms with Crippen molar-refractivity contribution >= 4 is 33.9 Å². The molecule has 2 amide bonds. The molecule has 0 aliphatic carbocycles. The summed E-state index contributed by atoms with van der Waals surface area (Å²) in [6.45, 7) is 4.98. The number of likely N-dealkylation sites (tertiary alicyclic amines) is 1. The molecule has 3 heterocycles. The van der Waals surface area contributed by atoms with E-state index >= 15 is 0 Å². The lowest BCUT2D eigenvalue weighted by atomic mass is 9.95. The summed E-state index contributed by atoms with van der Waals surface area (Å²) in [7, 11) is 0. The number of carbonyl (C=O) groups excluding carboxylic acids is 2. The van der Waals surface area contributed by atoms with Gasteiger partial charge in [0, 0.05) is 42.1 Å². The quantitative estimate of drug-likeness (QED) is 0.701. The molecular formula is C21H23FN4O2S. The predicted octanol–water partition coefficient (Wildman–Crippen LogP) is 4.04. The number of aromatic nitrogens is 2. The van der Waals surface area contributed by atoms with Gasteiger partial charge in [-0.3, -0.25) is 14.0 Å². The molecular weight excluding hydrogens is 391 g/mol. The first-order chi connectivity index (χ1) is 13.9. The molecule has 1 aliphatic heterocycles. The summed E-state index contributed by atoms with van der Waals surface area (Å²) in [5.74, 6) is 0.159. The van der Waals surface area contributed by atoms with E-state index in [1.54, 1.807) is 12.1 Å².